The van der Waals surface area contributed by atoms with E-state index in [1.807, 2.05) is 39.0 Å². The number of alkyl carbamates (subject to hydrolysis) is 1. The lowest BCUT2D eigenvalue weighted by Gasteiger charge is -2.33. The molecule has 1 amide bonds. The van der Waals surface area contributed by atoms with Crippen LogP contribution >= 0.6 is 0 Å². The number of carbonyl (C=O) groups is 1. The molecule has 4 heteroatoms. The van der Waals surface area contributed by atoms with Crippen molar-refractivity contribution in [2.75, 3.05) is 0 Å². The van der Waals surface area contributed by atoms with Crippen molar-refractivity contribution in [1.82, 2.24) is 5.32 Å². The van der Waals surface area contributed by atoms with Gasteiger partial charge in [-0.2, -0.15) is 0 Å². The molecule has 3 rings (SSSR count). The number of benzene rings is 1. The summed E-state index contributed by atoms with van der Waals surface area (Å²) in [7, 11) is 0. The Bertz CT molecular complexity index is 496. The van der Waals surface area contributed by atoms with Crippen molar-refractivity contribution >= 4 is 6.09 Å². The van der Waals surface area contributed by atoms with Crippen LogP contribution in [0.4, 0.5) is 4.79 Å². The lowest BCUT2D eigenvalue weighted by Crippen LogP contribution is -2.47. The van der Waals surface area contributed by atoms with Gasteiger partial charge in [0.05, 0.1) is 17.7 Å². The van der Waals surface area contributed by atoms with Gasteiger partial charge in [-0.15, -0.1) is 0 Å². The van der Waals surface area contributed by atoms with E-state index in [4.69, 9.17) is 9.47 Å². The van der Waals surface area contributed by atoms with Crippen molar-refractivity contribution < 1.29 is 14.3 Å². The second kappa shape index (κ2) is 4.48. The quantitative estimate of drug-likeness (QED) is 0.844. The van der Waals surface area contributed by atoms with Crippen LogP contribution in [0, 0.1) is 0 Å². The third-order valence-electron chi connectivity index (χ3n) is 3.85. The zero-order valence-electron chi connectivity index (χ0n) is 12.2. The number of rotatable bonds is 2. The number of carbonyl (C=O) groups excluding carboxylic acids is 1. The van der Waals surface area contributed by atoms with Gasteiger partial charge in [-0.1, -0.05) is 30.3 Å². The molecule has 1 heterocycles. The van der Waals surface area contributed by atoms with Crippen LogP contribution in [-0.2, 0) is 15.0 Å². The fraction of sp³-hybridized carbons (Fsp3) is 0.562. The number of fused-ring (bicyclic) bond motifs is 1. The molecular formula is C16H21NO3. The van der Waals surface area contributed by atoms with E-state index in [1.165, 1.54) is 0 Å². The maximum absolute atomic E-state index is 12.1. The highest BCUT2D eigenvalue weighted by Crippen LogP contribution is 2.49. The molecule has 1 aliphatic carbocycles. The summed E-state index contributed by atoms with van der Waals surface area (Å²) < 4.78 is 10.9. The molecular weight excluding hydrogens is 254 g/mol. The van der Waals surface area contributed by atoms with Gasteiger partial charge in [-0.25, -0.2) is 4.79 Å². The summed E-state index contributed by atoms with van der Waals surface area (Å²) in [6, 6.07) is 10.1. The lowest BCUT2D eigenvalue weighted by molar-refractivity contribution is 0.0427. The first-order chi connectivity index (χ1) is 9.38. The average Bonchev–Trinajstić information content (AvgIpc) is 2.96. The SMILES string of the molecule is CC(C)(C)OC(=O)NC1(c2ccccc2)CC2O[C@@H]2C1. The molecule has 0 bridgehead atoms. The molecule has 1 aliphatic heterocycles. The van der Waals surface area contributed by atoms with Crippen LogP contribution in [0.5, 0.6) is 0 Å². The molecule has 2 fully saturated rings. The van der Waals surface area contributed by atoms with Gasteiger partial charge in [0.1, 0.15) is 5.60 Å². The monoisotopic (exact) mass is 275 g/mol. The minimum absolute atomic E-state index is 0.283. The standard InChI is InChI=1S/C16H21NO3/c1-15(2,3)20-14(18)17-16(9-12-13(10-16)19-12)11-7-5-4-6-8-11/h4-8,12-13H,9-10H2,1-3H3,(H,17,18)/t12-,13?,16?/m1/s1. The Morgan fingerprint density at radius 1 is 1.25 bits per heavy atom. The van der Waals surface area contributed by atoms with Gasteiger partial charge >= 0.3 is 6.09 Å². The molecule has 108 valence electrons. The van der Waals surface area contributed by atoms with Gasteiger partial charge in [-0.05, 0) is 26.3 Å². The Balaban J connectivity index is 1.79. The lowest BCUT2D eigenvalue weighted by atomic mass is 9.87. The number of nitrogens with one attached hydrogen (secondary N) is 1. The van der Waals surface area contributed by atoms with Gasteiger partial charge < -0.3 is 14.8 Å². The molecule has 0 radical (unpaired) electrons. The van der Waals surface area contributed by atoms with Crippen LogP contribution in [0.1, 0.15) is 39.2 Å². The second-order valence-corrected chi connectivity index (χ2v) is 6.70. The van der Waals surface area contributed by atoms with E-state index in [9.17, 15) is 4.79 Å². The van der Waals surface area contributed by atoms with Gasteiger partial charge in [0.15, 0.2) is 0 Å². The first-order valence-electron chi connectivity index (χ1n) is 7.10. The highest BCUT2D eigenvalue weighted by molar-refractivity contribution is 5.69. The van der Waals surface area contributed by atoms with Crippen LogP contribution in [0.3, 0.4) is 0 Å². The van der Waals surface area contributed by atoms with Crippen LogP contribution in [-0.4, -0.2) is 23.9 Å². The van der Waals surface area contributed by atoms with Crippen molar-refractivity contribution in [1.29, 1.82) is 0 Å². The summed E-state index contributed by atoms with van der Waals surface area (Å²) in [5, 5.41) is 3.08. The molecule has 1 aromatic rings. The first-order valence-corrected chi connectivity index (χ1v) is 7.10. The van der Waals surface area contributed by atoms with E-state index >= 15 is 0 Å². The smallest absolute Gasteiger partial charge is 0.408 e. The van der Waals surface area contributed by atoms with Gasteiger partial charge in [0, 0.05) is 12.8 Å². The summed E-state index contributed by atoms with van der Waals surface area (Å²) in [4.78, 5) is 12.1. The number of hydrogen-bond donors (Lipinski definition) is 1. The minimum Gasteiger partial charge on any atom is -0.444 e. The van der Waals surface area contributed by atoms with Crippen LogP contribution < -0.4 is 5.32 Å². The Labute approximate surface area is 119 Å². The highest BCUT2D eigenvalue weighted by Gasteiger charge is 2.57. The van der Waals surface area contributed by atoms with Crippen molar-refractivity contribution in [2.24, 2.45) is 0 Å². The van der Waals surface area contributed by atoms with Gasteiger partial charge in [0.25, 0.3) is 0 Å². The van der Waals surface area contributed by atoms with Crippen LogP contribution in [0.2, 0.25) is 0 Å². The molecule has 1 saturated heterocycles. The molecule has 0 aromatic heterocycles. The minimum atomic E-state index is -0.486. The molecule has 20 heavy (non-hydrogen) atoms. The molecule has 2 aliphatic rings. The predicted molar refractivity (Wildman–Crippen MR) is 75.4 cm³/mol. The maximum atomic E-state index is 12.1. The number of hydrogen-bond acceptors (Lipinski definition) is 3. The number of amides is 1. The fourth-order valence-electron chi connectivity index (χ4n) is 2.97. The van der Waals surface area contributed by atoms with Crippen molar-refractivity contribution in [3.8, 4) is 0 Å². The second-order valence-electron chi connectivity index (χ2n) is 6.70. The molecule has 2 unspecified atom stereocenters. The molecule has 4 nitrogen and oxygen atoms in total. The summed E-state index contributed by atoms with van der Waals surface area (Å²) >= 11 is 0. The Hall–Kier alpha value is -1.55. The molecule has 1 aromatic carbocycles. The normalized spacial score (nSPS) is 31.6. The largest absolute Gasteiger partial charge is 0.444 e. The third kappa shape index (κ3) is 2.66. The number of epoxide rings is 1. The van der Waals surface area contributed by atoms with Gasteiger partial charge in [0.2, 0.25) is 0 Å². The van der Waals surface area contributed by atoms with E-state index in [2.05, 4.69) is 17.4 Å². The number of ether oxygens (including phenoxy) is 2. The first kappa shape index (κ1) is 13.4. The Morgan fingerprint density at radius 2 is 1.85 bits per heavy atom. The molecule has 1 saturated carbocycles. The molecule has 1 N–H and O–H groups in total. The van der Waals surface area contributed by atoms with E-state index < -0.39 is 5.60 Å². The van der Waals surface area contributed by atoms with Crippen LogP contribution in [0.25, 0.3) is 0 Å². The van der Waals surface area contributed by atoms with Crippen molar-refractivity contribution in [3.63, 3.8) is 0 Å². The summed E-state index contributed by atoms with van der Waals surface area (Å²) in [6.07, 6.45) is 1.85. The Morgan fingerprint density at radius 3 is 2.40 bits per heavy atom. The van der Waals surface area contributed by atoms with E-state index in [0.29, 0.717) is 0 Å². The summed E-state index contributed by atoms with van der Waals surface area (Å²) in [6.45, 7) is 5.62. The van der Waals surface area contributed by atoms with Crippen molar-refractivity contribution in [3.05, 3.63) is 35.9 Å². The van der Waals surface area contributed by atoms with Crippen molar-refractivity contribution in [2.45, 2.75) is 57.0 Å². The molecule has 0 spiro atoms. The maximum Gasteiger partial charge on any atom is 0.408 e. The zero-order chi connectivity index (χ0) is 14.4. The van der Waals surface area contributed by atoms with Gasteiger partial charge in [-0.3, -0.25) is 0 Å². The van der Waals surface area contributed by atoms with Crippen LogP contribution in [0.15, 0.2) is 30.3 Å². The van der Waals surface area contributed by atoms with E-state index in [-0.39, 0.29) is 23.8 Å². The zero-order valence-corrected chi connectivity index (χ0v) is 12.2. The molecule has 3 atom stereocenters. The third-order valence-corrected chi connectivity index (χ3v) is 3.85. The van der Waals surface area contributed by atoms with E-state index in [1.54, 1.807) is 0 Å². The average molecular weight is 275 g/mol. The fourth-order valence-corrected chi connectivity index (χ4v) is 2.97. The van der Waals surface area contributed by atoms with E-state index in [0.717, 1.165) is 18.4 Å². The summed E-state index contributed by atoms with van der Waals surface area (Å²) in [5.41, 5.74) is 0.290. The predicted octanol–water partition coefficient (Wildman–Crippen LogP) is 2.97. The topological polar surface area (TPSA) is 50.9 Å². The summed E-state index contributed by atoms with van der Waals surface area (Å²) in [5.74, 6) is 0. The Kier molecular flexibility index (Phi) is 3.01. The highest BCUT2D eigenvalue weighted by atomic mass is 16.6.